The number of hydrogen-bond acceptors (Lipinski definition) is 10. The molecule has 2 N–H and O–H groups in total. The standard InChI is InChI=1S/C16H14Cl2N4O8S2.2Na/c17-7-15(23)19-11-3-1-9(5-13(11)31(25,26)27)21-22-10-2-4-12(20-16(24)8-18)14(6-10)32(28,29)30;;/h1-6H,7-8H2,(H,19,23)(H,20,24)(H,25,26,27)(H,28,29,30);;/q;2*+1/p-2. The van der Waals surface area contributed by atoms with Crippen LogP contribution in [0, 0.1) is 0 Å². The SMILES string of the molecule is O=S(=O)(O)c1cc(N=Nc2ccc(N=C([O-])CCl)c(S(=O)(=O)O)c2)ccc1N=C([O-])CCl.[Na+].[Na+]. The van der Waals surface area contributed by atoms with Crippen LogP contribution < -0.4 is 69.3 Å². The van der Waals surface area contributed by atoms with E-state index in [1.807, 2.05) is 0 Å². The van der Waals surface area contributed by atoms with Gasteiger partial charge in [-0.25, -0.2) is 0 Å². The summed E-state index contributed by atoms with van der Waals surface area (Å²) in [4.78, 5) is 5.44. The first-order valence-electron chi connectivity index (χ1n) is 8.11. The predicted octanol–water partition coefficient (Wildman–Crippen LogP) is -4.14. The first kappa shape index (κ1) is 33.4. The fraction of sp³-hybridized carbons (Fsp3) is 0.125. The molecule has 0 amide bonds. The van der Waals surface area contributed by atoms with Crippen LogP contribution in [-0.4, -0.2) is 49.5 Å². The van der Waals surface area contributed by atoms with E-state index in [0.717, 1.165) is 24.3 Å². The van der Waals surface area contributed by atoms with Crippen molar-refractivity contribution in [1.29, 1.82) is 0 Å². The fourth-order valence-electron chi connectivity index (χ4n) is 2.17. The molecule has 0 aliphatic rings. The number of rotatable bonds is 8. The van der Waals surface area contributed by atoms with E-state index in [0.29, 0.717) is 0 Å². The Morgan fingerprint density at radius 2 is 1.06 bits per heavy atom. The third-order valence-electron chi connectivity index (χ3n) is 3.44. The average Bonchev–Trinajstić information content (AvgIpc) is 2.71. The molecule has 0 bridgehead atoms. The Balaban J connectivity index is 0.00000544. The molecule has 0 saturated heterocycles. The van der Waals surface area contributed by atoms with Gasteiger partial charge in [0.15, 0.2) is 0 Å². The third-order valence-corrected chi connectivity index (χ3v) is 5.67. The largest absolute Gasteiger partial charge is 1.00 e. The van der Waals surface area contributed by atoms with Crippen LogP contribution in [0.15, 0.2) is 66.4 Å². The Hall–Kier alpha value is -0.620. The van der Waals surface area contributed by atoms with Gasteiger partial charge in [-0.2, -0.15) is 27.1 Å². The van der Waals surface area contributed by atoms with Crippen LogP contribution in [0.1, 0.15) is 0 Å². The molecule has 2 aromatic rings. The van der Waals surface area contributed by atoms with E-state index in [1.54, 1.807) is 0 Å². The van der Waals surface area contributed by atoms with Crippen LogP contribution in [0.2, 0.25) is 0 Å². The summed E-state index contributed by atoms with van der Waals surface area (Å²) in [5, 5.41) is 30.2. The summed E-state index contributed by atoms with van der Waals surface area (Å²) in [6.07, 6.45) is 0. The Morgan fingerprint density at radius 1 is 0.735 bits per heavy atom. The quantitative estimate of drug-likeness (QED) is 0.0796. The first-order chi connectivity index (χ1) is 14.8. The van der Waals surface area contributed by atoms with Crippen molar-refractivity contribution < 1.29 is 95.3 Å². The number of nitrogens with zero attached hydrogens (tertiary/aromatic N) is 4. The molecular weight excluding hydrogens is 557 g/mol. The van der Waals surface area contributed by atoms with E-state index in [2.05, 4.69) is 20.2 Å². The molecule has 0 aliphatic heterocycles. The average molecular weight is 569 g/mol. The summed E-state index contributed by atoms with van der Waals surface area (Å²) in [6, 6.07) is 6.31. The number of hydrogen-bond donors (Lipinski definition) is 2. The molecule has 0 atom stereocenters. The maximum absolute atomic E-state index is 11.6. The maximum Gasteiger partial charge on any atom is 1.00 e. The summed E-state index contributed by atoms with van der Waals surface area (Å²) in [7, 11) is -9.59. The van der Waals surface area contributed by atoms with Gasteiger partial charge in [0.25, 0.3) is 20.2 Å². The van der Waals surface area contributed by atoms with Crippen molar-refractivity contribution in [2.45, 2.75) is 9.79 Å². The minimum absolute atomic E-state index is 0. The van der Waals surface area contributed by atoms with Crippen molar-refractivity contribution in [2.75, 3.05) is 11.8 Å². The molecule has 12 nitrogen and oxygen atoms in total. The molecule has 0 radical (unpaired) electrons. The zero-order valence-corrected chi connectivity index (χ0v) is 24.7. The van der Waals surface area contributed by atoms with Gasteiger partial charge in [0.1, 0.15) is 9.79 Å². The summed E-state index contributed by atoms with van der Waals surface area (Å²) in [5.74, 6) is -2.72. The van der Waals surface area contributed by atoms with E-state index >= 15 is 0 Å². The monoisotopic (exact) mass is 568 g/mol. The van der Waals surface area contributed by atoms with Crippen molar-refractivity contribution in [3.63, 3.8) is 0 Å². The van der Waals surface area contributed by atoms with Gasteiger partial charge < -0.3 is 10.2 Å². The summed E-state index contributed by atoms with van der Waals surface area (Å²) < 4.78 is 65.1. The zero-order valence-electron chi connectivity index (χ0n) is 17.6. The Kier molecular flexibility index (Phi) is 13.9. The minimum Gasteiger partial charge on any atom is -0.861 e. The van der Waals surface area contributed by atoms with Gasteiger partial charge in [0.05, 0.1) is 34.5 Å². The van der Waals surface area contributed by atoms with Crippen LogP contribution in [0.25, 0.3) is 0 Å². The molecule has 2 rings (SSSR count). The molecule has 0 fully saturated rings. The minimum atomic E-state index is -4.80. The summed E-state index contributed by atoms with van der Waals surface area (Å²) >= 11 is 10.7. The van der Waals surface area contributed by atoms with E-state index in [9.17, 15) is 36.2 Å². The molecule has 0 unspecified atom stereocenters. The van der Waals surface area contributed by atoms with Crippen LogP contribution in [0.3, 0.4) is 0 Å². The van der Waals surface area contributed by atoms with Crippen molar-refractivity contribution in [1.82, 2.24) is 0 Å². The molecule has 2 aromatic carbocycles. The van der Waals surface area contributed by atoms with Gasteiger partial charge in [0.2, 0.25) is 0 Å². The van der Waals surface area contributed by atoms with Crippen LogP contribution in [0.5, 0.6) is 0 Å². The normalized spacial score (nSPS) is 12.8. The molecule has 0 aliphatic carbocycles. The second-order valence-corrected chi connectivity index (χ2v) is 9.05. The number of benzene rings is 2. The molecule has 0 heterocycles. The molecule has 172 valence electrons. The molecule has 34 heavy (non-hydrogen) atoms. The molecule has 0 aromatic heterocycles. The first-order valence-corrected chi connectivity index (χ1v) is 12.1. The second-order valence-electron chi connectivity index (χ2n) is 5.73. The smallest absolute Gasteiger partial charge is 0.861 e. The van der Waals surface area contributed by atoms with Crippen LogP contribution in [-0.2, 0) is 20.2 Å². The number of halogens is 2. The zero-order chi connectivity index (χ0) is 24.1. The van der Waals surface area contributed by atoms with Crippen molar-refractivity contribution in [3.05, 3.63) is 36.4 Å². The predicted molar refractivity (Wildman–Crippen MR) is 112 cm³/mol. The summed E-state index contributed by atoms with van der Waals surface area (Å²) in [5.41, 5.74) is -0.981. The van der Waals surface area contributed by atoms with Gasteiger partial charge in [-0.3, -0.25) is 19.1 Å². The van der Waals surface area contributed by atoms with E-state index in [1.165, 1.54) is 12.1 Å². The van der Waals surface area contributed by atoms with Crippen molar-refractivity contribution >= 4 is 78.0 Å². The van der Waals surface area contributed by atoms with Gasteiger partial charge in [-0.15, -0.1) is 23.2 Å². The Morgan fingerprint density at radius 3 is 1.32 bits per heavy atom. The topological polar surface area (TPSA) is 204 Å². The van der Waals surface area contributed by atoms with Crippen LogP contribution in [0.4, 0.5) is 22.7 Å². The molecular formula is C16H12Cl2N4Na2O8S2. The number of alkyl halides is 2. The third kappa shape index (κ3) is 9.79. The van der Waals surface area contributed by atoms with Gasteiger partial charge in [0, 0.05) is 0 Å². The van der Waals surface area contributed by atoms with Crippen molar-refractivity contribution in [3.8, 4) is 0 Å². The van der Waals surface area contributed by atoms with Gasteiger partial charge in [-0.05, 0) is 48.2 Å². The van der Waals surface area contributed by atoms with E-state index in [-0.39, 0.29) is 81.9 Å². The fourth-order valence-corrected chi connectivity index (χ4v) is 3.59. The number of azo groups is 1. The number of aliphatic imine (C=N–C) groups is 2. The Bertz CT molecular complexity index is 1240. The molecule has 0 spiro atoms. The maximum atomic E-state index is 11.6. The van der Waals surface area contributed by atoms with Crippen LogP contribution >= 0.6 is 23.2 Å². The van der Waals surface area contributed by atoms with E-state index in [4.69, 9.17) is 23.2 Å². The Labute approximate surface area is 248 Å². The van der Waals surface area contributed by atoms with Crippen molar-refractivity contribution in [2.24, 2.45) is 20.2 Å². The molecule has 0 saturated carbocycles. The van der Waals surface area contributed by atoms with E-state index < -0.39 is 53.6 Å². The van der Waals surface area contributed by atoms with Gasteiger partial charge in [-0.1, -0.05) is 0 Å². The summed E-state index contributed by atoms with van der Waals surface area (Å²) in [6.45, 7) is 0. The molecule has 18 heteroatoms. The van der Waals surface area contributed by atoms with Gasteiger partial charge >= 0.3 is 59.1 Å². The second kappa shape index (κ2) is 14.2.